The van der Waals surface area contributed by atoms with E-state index < -0.39 is 18.6 Å². The van der Waals surface area contributed by atoms with Gasteiger partial charge in [-0.25, -0.2) is 0 Å². The third kappa shape index (κ3) is 6.96. The molecule has 0 aliphatic carbocycles. The number of ether oxygens (including phenoxy) is 1. The van der Waals surface area contributed by atoms with Crippen molar-refractivity contribution in [2.75, 3.05) is 12.9 Å². The van der Waals surface area contributed by atoms with Gasteiger partial charge in [-0.05, 0) is 54.8 Å². The molecule has 11 heteroatoms. The quantitative estimate of drug-likeness (QED) is 0.166. The molecule has 0 radical (unpaired) electrons. The molecule has 1 atom stereocenters. The number of hydrogen-bond donors (Lipinski definition) is 2. The van der Waals surface area contributed by atoms with Crippen LogP contribution in [0.3, 0.4) is 0 Å². The van der Waals surface area contributed by atoms with E-state index in [1.807, 2.05) is 61.5 Å². The molecular weight excluding hydrogens is 563 g/mol. The Morgan fingerprint density at radius 2 is 1.74 bits per heavy atom. The molecule has 0 aliphatic rings. The topological polar surface area (TPSA) is 84.8 Å². The van der Waals surface area contributed by atoms with Crippen LogP contribution in [-0.2, 0) is 17.6 Å². The third-order valence-electron chi connectivity index (χ3n) is 6.90. The first-order valence-electron chi connectivity index (χ1n) is 13.4. The maximum Gasteiger partial charge on any atom is 0.389 e. The van der Waals surface area contributed by atoms with Crippen molar-refractivity contribution in [3.05, 3.63) is 102 Å². The van der Waals surface area contributed by atoms with Gasteiger partial charge in [0.1, 0.15) is 5.75 Å². The second kappa shape index (κ2) is 12.7. The van der Waals surface area contributed by atoms with Crippen LogP contribution in [0, 0.1) is 6.92 Å². The Morgan fingerprint density at radius 3 is 2.45 bits per heavy atom. The van der Waals surface area contributed by atoms with Crippen molar-refractivity contribution in [3.8, 4) is 11.4 Å². The van der Waals surface area contributed by atoms with Gasteiger partial charge in [0, 0.05) is 28.0 Å². The summed E-state index contributed by atoms with van der Waals surface area (Å²) in [4.78, 5) is 16.9. The van der Waals surface area contributed by atoms with E-state index in [2.05, 4.69) is 20.5 Å². The van der Waals surface area contributed by atoms with Crippen molar-refractivity contribution in [1.82, 2.24) is 25.1 Å². The van der Waals surface area contributed by atoms with Crippen molar-refractivity contribution < 1.29 is 22.7 Å². The first-order chi connectivity index (χ1) is 20.2. The smallest absolute Gasteiger partial charge is 0.389 e. The summed E-state index contributed by atoms with van der Waals surface area (Å²) in [5.41, 5.74) is 4.38. The van der Waals surface area contributed by atoms with Gasteiger partial charge in [-0.15, -0.1) is 10.2 Å². The fourth-order valence-corrected chi connectivity index (χ4v) is 5.80. The van der Waals surface area contributed by atoms with Crippen molar-refractivity contribution in [2.24, 2.45) is 0 Å². The van der Waals surface area contributed by atoms with Gasteiger partial charge < -0.3 is 15.0 Å². The Kier molecular flexibility index (Phi) is 8.86. The largest absolute Gasteiger partial charge is 0.497 e. The normalized spacial score (nSPS) is 12.4. The summed E-state index contributed by atoms with van der Waals surface area (Å²) >= 11 is 0.971. The molecule has 0 saturated carbocycles. The molecule has 5 aromatic rings. The van der Waals surface area contributed by atoms with Crippen molar-refractivity contribution >= 4 is 28.6 Å². The highest BCUT2D eigenvalue weighted by atomic mass is 32.2. The second-order valence-corrected chi connectivity index (χ2v) is 10.9. The van der Waals surface area contributed by atoms with E-state index in [4.69, 9.17) is 4.74 Å². The second-order valence-electron chi connectivity index (χ2n) is 9.85. The average molecular weight is 594 g/mol. The molecule has 0 aliphatic heterocycles. The van der Waals surface area contributed by atoms with Crippen LogP contribution in [0.1, 0.15) is 35.1 Å². The Morgan fingerprint density at radius 1 is 1.02 bits per heavy atom. The summed E-state index contributed by atoms with van der Waals surface area (Å²) in [5, 5.41) is 13.1. The van der Waals surface area contributed by atoms with Gasteiger partial charge in [-0.2, -0.15) is 13.2 Å². The number of aryl methyl sites for hydroxylation is 1. The number of carbonyl (C=O) groups excluding carboxylic acids is 1. The Labute approximate surface area is 245 Å². The number of aromatic nitrogens is 4. The number of amides is 1. The van der Waals surface area contributed by atoms with E-state index in [0.717, 1.165) is 39.5 Å². The predicted molar refractivity (Wildman–Crippen MR) is 157 cm³/mol. The highest BCUT2D eigenvalue weighted by Gasteiger charge is 2.29. The highest BCUT2D eigenvalue weighted by Crippen LogP contribution is 2.31. The summed E-state index contributed by atoms with van der Waals surface area (Å²) in [6.45, 7) is 1.94. The molecule has 1 amide bonds. The zero-order chi connectivity index (χ0) is 29.7. The first kappa shape index (κ1) is 29.2. The number of hydrogen-bond acceptors (Lipinski definition) is 5. The van der Waals surface area contributed by atoms with E-state index in [1.165, 1.54) is 0 Å². The fraction of sp³-hybridized carbons (Fsp3) is 0.258. The first-order valence-corrected chi connectivity index (χ1v) is 14.4. The van der Waals surface area contributed by atoms with Crippen LogP contribution in [0.4, 0.5) is 13.2 Å². The van der Waals surface area contributed by atoms with Crippen molar-refractivity contribution in [3.63, 3.8) is 0 Å². The molecule has 3 aromatic carbocycles. The van der Waals surface area contributed by atoms with Gasteiger partial charge in [0.25, 0.3) is 0 Å². The minimum absolute atomic E-state index is 0.144. The summed E-state index contributed by atoms with van der Waals surface area (Å²) in [7, 11) is 1.55. The lowest BCUT2D eigenvalue weighted by molar-refractivity contribution is -0.129. The number of methoxy groups -OCH3 is 1. The van der Waals surface area contributed by atoms with Crippen molar-refractivity contribution in [1.29, 1.82) is 0 Å². The van der Waals surface area contributed by atoms with E-state index in [-0.39, 0.29) is 18.1 Å². The molecule has 0 bridgehead atoms. The number of fused-ring (bicyclic) bond motifs is 1. The zero-order valence-corrected chi connectivity index (χ0v) is 23.9. The van der Waals surface area contributed by atoms with Gasteiger partial charge in [-0.1, -0.05) is 60.3 Å². The molecule has 5 rings (SSSR count). The van der Waals surface area contributed by atoms with Gasteiger partial charge >= 0.3 is 6.18 Å². The number of para-hydroxylation sites is 1. The number of halogens is 3. The van der Waals surface area contributed by atoms with Crippen LogP contribution >= 0.6 is 11.8 Å². The molecule has 0 spiro atoms. The number of rotatable bonds is 11. The molecule has 0 fully saturated rings. The minimum Gasteiger partial charge on any atom is -0.497 e. The molecular formula is C31H30F3N5O2S. The summed E-state index contributed by atoms with van der Waals surface area (Å²) in [6, 6.07) is 23.9. The molecule has 0 saturated heterocycles. The van der Waals surface area contributed by atoms with E-state index in [0.29, 0.717) is 28.8 Å². The van der Waals surface area contributed by atoms with Gasteiger partial charge in [0.15, 0.2) is 11.0 Å². The number of thioether (sulfide) groups is 1. The van der Waals surface area contributed by atoms with E-state index in [9.17, 15) is 18.0 Å². The number of nitrogens with zero attached hydrogens (tertiary/aromatic N) is 3. The standard InChI is InChI=1S/C31H30F3N5O2S/c1-20-25(24-10-6-7-11-26(24)35-20)19-28(40)36-27(18-21-8-4-3-5-9-21)29-37-38-30(42-17-16-31(32,33)34)39(29)22-12-14-23(41-2)15-13-22/h3-15,27,35H,16-19H2,1-2H3,(H,36,40). The molecule has 7 nitrogen and oxygen atoms in total. The SMILES string of the molecule is COc1ccc(-n2c(SCCC(F)(F)F)nnc2C(Cc2ccccc2)NC(=O)Cc2c(C)[nH]c3ccccc23)cc1. The minimum atomic E-state index is -4.29. The van der Waals surface area contributed by atoms with Gasteiger partial charge in [0.2, 0.25) is 5.91 Å². The lowest BCUT2D eigenvalue weighted by Gasteiger charge is -2.20. The summed E-state index contributed by atoms with van der Waals surface area (Å²) in [5.74, 6) is 0.623. The van der Waals surface area contributed by atoms with Gasteiger partial charge in [0.05, 0.1) is 26.0 Å². The number of aromatic amines is 1. The lowest BCUT2D eigenvalue weighted by atomic mass is 10.0. The zero-order valence-electron chi connectivity index (χ0n) is 23.1. The Balaban J connectivity index is 1.50. The van der Waals surface area contributed by atoms with E-state index in [1.54, 1.807) is 35.9 Å². The van der Waals surface area contributed by atoms with Crippen LogP contribution in [0.2, 0.25) is 0 Å². The predicted octanol–water partition coefficient (Wildman–Crippen LogP) is 6.75. The van der Waals surface area contributed by atoms with Crippen LogP contribution in [0.5, 0.6) is 5.75 Å². The summed E-state index contributed by atoms with van der Waals surface area (Å²) < 4.78 is 45.8. The molecule has 218 valence electrons. The maximum atomic E-state index is 13.6. The molecule has 2 N–H and O–H groups in total. The maximum absolute atomic E-state index is 13.6. The molecule has 1 unspecified atom stereocenters. The van der Waals surface area contributed by atoms with Gasteiger partial charge in [-0.3, -0.25) is 9.36 Å². The number of benzene rings is 3. The third-order valence-corrected chi connectivity index (χ3v) is 7.83. The van der Waals surface area contributed by atoms with Crippen LogP contribution in [-0.4, -0.2) is 44.7 Å². The lowest BCUT2D eigenvalue weighted by Crippen LogP contribution is -2.33. The number of carbonyl (C=O) groups is 1. The van der Waals surface area contributed by atoms with Crippen LogP contribution < -0.4 is 10.1 Å². The van der Waals surface area contributed by atoms with E-state index >= 15 is 0 Å². The number of nitrogens with one attached hydrogen (secondary N) is 2. The molecule has 42 heavy (non-hydrogen) atoms. The average Bonchev–Trinajstić information content (AvgIpc) is 3.53. The monoisotopic (exact) mass is 593 g/mol. The molecule has 2 aromatic heterocycles. The Hall–Kier alpha value is -4.25. The Bertz CT molecular complexity index is 1650. The molecule has 2 heterocycles. The number of alkyl halides is 3. The van der Waals surface area contributed by atoms with Crippen LogP contribution in [0.25, 0.3) is 16.6 Å². The highest BCUT2D eigenvalue weighted by molar-refractivity contribution is 7.99. The van der Waals surface area contributed by atoms with Crippen LogP contribution in [0.15, 0.2) is 84.0 Å². The van der Waals surface area contributed by atoms with Crippen molar-refractivity contribution in [2.45, 2.75) is 43.6 Å². The fourth-order valence-electron chi connectivity index (χ4n) is 4.86. The summed E-state index contributed by atoms with van der Waals surface area (Å²) in [6.07, 6.45) is -4.70. The number of H-pyrrole nitrogens is 1.